The molecular formula is C20H30O5S2. The molecule has 0 heterocycles. The van der Waals surface area contributed by atoms with Gasteiger partial charge in [-0.15, -0.1) is 10.3 Å². The van der Waals surface area contributed by atoms with Gasteiger partial charge in [0.25, 0.3) is 10.1 Å². The fourth-order valence-electron chi connectivity index (χ4n) is 4.86. The fourth-order valence-corrected chi connectivity index (χ4v) is 9.77. The highest BCUT2D eigenvalue weighted by Crippen LogP contribution is 2.64. The Bertz CT molecular complexity index is 826. The van der Waals surface area contributed by atoms with Crippen molar-refractivity contribution in [1.82, 2.24) is 0 Å². The minimum Gasteiger partial charge on any atom is -0.497 e. The van der Waals surface area contributed by atoms with Crippen LogP contribution in [-0.2, 0) is 24.3 Å². The smallest absolute Gasteiger partial charge is 0.277 e. The van der Waals surface area contributed by atoms with Gasteiger partial charge in [-0.1, -0.05) is 26.0 Å². The maximum atomic E-state index is 12.9. The van der Waals surface area contributed by atoms with Crippen molar-refractivity contribution in [3.05, 3.63) is 29.8 Å². The Balaban J connectivity index is 1.74. The molecule has 27 heavy (non-hydrogen) atoms. The first-order valence-electron chi connectivity index (χ1n) is 9.22. The Morgan fingerprint density at radius 3 is 2.26 bits per heavy atom. The normalized spacial score (nSPS) is 27.7. The van der Waals surface area contributed by atoms with Crippen LogP contribution in [-0.4, -0.2) is 39.6 Å². The van der Waals surface area contributed by atoms with Gasteiger partial charge in [0.1, 0.15) is 11.5 Å². The van der Waals surface area contributed by atoms with E-state index < -0.39 is 25.8 Å². The highest BCUT2D eigenvalue weighted by Gasteiger charge is 2.65. The summed E-state index contributed by atoms with van der Waals surface area (Å²) < 4.78 is 36.7. The van der Waals surface area contributed by atoms with Crippen molar-refractivity contribution in [1.29, 1.82) is 0 Å². The lowest BCUT2D eigenvalue weighted by Crippen LogP contribution is -2.42. The van der Waals surface area contributed by atoms with Gasteiger partial charge in [-0.05, 0) is 54.4 Å². The minimum absolute atomic E-state index is 0.0962. The first kappa shape index (κ1) is 20.7. The van der Waals surface area contributed by atoms with Crippen LogP contribution >= 0.6 is 10.3 Å². The number of hydrogen-bond acceptors (Lipinski definition) is 5. The second-order valence-corrected chi connectivity index (χ2v) is 14.0. The molecule has 0 spiro atoms. The average molecular weight is 415 g/mol. The van der Waals surface area contributed by atoms with Crippen molar-refractivity contribution in [3.63, 3.8) is 0 Å². The van der Waals surface area contributed by atoms with Crippen LogP contribution in [0.3, 0.4) is 0 Å². The Morgan fingerprint density at radius 2 is 1.78 bits per heavy atom. The average Bonchev–Trinajstić information content (AvgIpc) is 2.87. The minimum atomic E-state index is -3.81. The monoisotopic (exact) mass is 414 g/mol. The molecule has 0 aliphatic heterocycles. The van der Waals surface area contributed by atoms with Gasteiger partial charge in [0.2, 0.25) is 0 Å². The van der Waals surface area contributed by atoms with E-state index in [4.69, 9.17) is 8.37 Å². The number of carbonyl (C=O) groups excluding carboxylic acids is 1. The fraction of sp³-hybridized carbons (Fsp3) is 0.650. The van der Waals surface area contributed by atoms with Crippen LogP contribution in [0.2, 0.25) is 0 Å². The quantitative estimate of drug-likeness (QED) is 0.676. The first-order valence-corrected chi connectivity index (χ1v) is 13.3. The molecule has 0 N–H and O–H groups in total. The van der Waals surface area contributed by atoms with Crippen molar-refractivity contribution < 1.29 is 21.6 Å². The number of Topliss-reactive ketones (excluding diaryl/α,β-unsaturated/α-hetero) is 1. The summed E-state index contributed by atoms with van der Waals surface area (Å²) >= 11 is 0. The van der Waals surface area contributed by atoms with E-state index in [-0.39, 0.29) is 17.0 Å². The summed E-state index contributed by atoms with van der Waals surface area (Å²) in [6, 6.07) is 7.56. The van der Waals surface area contributed by atoms with Crippen molar-refractivity contribution in [3.8, 4) is 5.75 Å². The van der Waals surface area contributed by atoms with Gasteiger partial charge < -0.3 is 4.74 Å². The van der Waals surface area contributed by atoms with E-state index in [0.717, 1.165) is 17.7 Å². The molecule has 2 aliphatic carbocycles. The zero-order valence-corrected chi connectivity index (χ0v) is 18.4. The number of methoxy groups -OCH3 is 1. The lowest BCUT2D eigenvalue weighted by Gasteiger charge is -2.37. The van der Waals surface area contributed by atoms with Crippen LogP contribution < -0.4 is 4.74 Å². The molecule has 2 unspecified atom stereocenters. The van der Waals surface area contributed by atoms with E-state index in [2.05, 4.69) is 0 Å². The van der Waals surface area contributed by atoms with Gasteiger partial charge in [-0.2, -0.15) is 8.42 Å². The molecule has 7 heteroatoms. The van der Waals surface area contributed by atoms with Gasteiger partial charge in [0.15, 0.2) is 0 Å². The standard InChI is InChI=1S/C20H30O5S2/c1-19(2)16-10-11-20(19,18(21)12-16)14-27(22,23)25-26(4,5)13-15-6-8-17(24-3)9-7-15/h6-9,16H,10-14H2,1-5H3. The van der Waals surface area contributed by atoms with E-state index in [1.165, 1.54) is 0 Å². The number of ketones is 1. The zero-order valence-electron chi connectivity index (χ0n) is 16.8. The van der Waals surface area contributed by atoms with Crippen molar-refractivity contribution in [2.24, 2.45) is 16.7 Å². The maximum absolute atomic E-state index is 12.9. The van der Waals surface area contributed by atoms with Crippen molar-refractivity contribution in [2.45, 2.75) is 38.9 Å². The van der Waals surface area contributed by atoms with Crippen LogP contribution in [0.25, 0.3) is 0 Å². The molecule has 0 radical (unpaired) electrons. The summed E-state index contributed by atoms with van der Waals surface area (Å²) in [5.74, 6) is 1.49. The van der Waals surface area contributed by atoms with E-state index in [9.17, 15) is 13.2 Å². The summed E-state index contributed by atoms with van der Waals surface area (Å²) in [5.41, 5.74) is -0.0652. The summed E-state index contributed by atoms with van der Waals surface area (Å²) in [6.07, 6.45) is 5.79. The number of rotatable bonds is 7. The lowest BCUT2D eigenvalue weighted by molar-refractivity contribution is -0.128. The van der Waals surface area contributed by atoms with E-state index in [0.29, 0.717) is 24.5 Å². The number of hydrogen-bond donors (Lipinski definition) is 0. The third-order valence-electron chi connectivity index (χ3n) is 6.52. The van der Waals surface area contributed by atoms with Gasteiger partial charge in [0.05, 0.1) is 18.3 Å². The SMILES string of the molecule is COc1ccc(CS(C)(C)OS(=O)(=O)CC23CCC(CC2=O)C3(C)C)cc1. The summed E-state index contributed by atoms with van der Waals surface area (Å²) in [5, 5.41) is 0. The molecule has 3 rings (SSSR count). The molecule has 5 nitrogen and oxygen atoms in total. The van der Waals surface area contributed by atoms with Gasteiger partial charge >= 0.3 is 0 Å². The molecule has 2 fully saturated rings. The Kier molecular flexibility index (Phi) is 5.19. The van der Waals surface area contributed by atoms with Crippen LogP contribution in [0.4, 0.5) is 0 Å². The molecule has 152 valence electrons. The van der Waals surface area contributed by atoms with Crippen LogP contribution in [0.1, 0.15) is 38.7 Å². The first-order chi connectivity index (χ1) is 12.4. The summed E-state index contributed by atoms with van der Waals surface area (Å²) in [4.78, 5) is 12.6. The highest BCUT2D eigenvalue weighted by atomic mass is 32.3. The Morgan fingerprint density at radius 1 is 1.15 bits per heavy atom. The Hall–Kier alpha value is -1.05. The topological polar surface area (TPSA) is 69.7 Å². The molecular weight excluding hydrogens is 384 g/mol. The van der Waals surface area contributed by atoms with E-state index >= 15 is 0 Å². The second kappa shape index (κ2) is 6.78. The van der Waals surface area contributed by atoms with Crippen molar-refractivity contribution in [2.75, 3.05) is 25.4 Å². The molecule has 1 aromatic carbocycles. The predicted molar refractivity (Wildman–Crippen MR) is 110 cm³/mol. The van der Waals surface area contributed by atoms with E-state index in [1.807, 2.05) is 50.6 Å². The molecule has 0 amide bonds. The summed E-state index contributed by atoms with van der Waals surface area (Å²) in [7, 11) is -4.07. The molecule has 2 saturated carbocycles. The number of benzene rings is 1. The molecule has 0 saturated heterocycles. The molecule has 2 atom stereocenters. The van der Waals surface area contributed by atoms with Crippen LogP contribution in [0.5, 0.6) is 5.75 Å². The lowest BCUT2D eigenvalue weighted by atomic mass is 9.70. The number of fused-ring (bicyclic) bond motifs is 2. The second-order valence-electron chi connectivity index (χ2n) is 8.87. The van der Waals surface area contributed by atoms with Gasteiger partial charge in [0, 0.05) is 12.2 Å². The van der Waals surface area contributed by atoms with Crippen LogP contribution in [0, 0.1) is 16.7 Å². The summed E-state index contributed by atoms with van der Waals surface area (Å²) in [6.45, 7) is 4.08. The molecule has 2 aliphatic rings. The molecule has 1 aromatic rings. The number of ether oxygens (including phenoxy) is 1. The van der Waals surface area contributed by atoms with Gasteiger partial charge in [-0.25, -0.2) is 3.63 Å². The van der Waals surface area contributed by atoms with E-state index in [1.54, 1.807) is 7.11 Å². The maximum Gasteiger partial charge on any atom is 0.277 e. The zero-order chi connectivity index (χ0) is 20.1. The third-order valence-corrected chi connectivity index (χ3v) is 10.7. The van der Waals surface area contributed by atoms with Crippen molar-refractivity contribution >= 4 is 26.2 Å². The predicted octanol–water partition coefficient (Wildman–Crippen LogP) is 3.92. The van der Waals surface area contributed by atoms with Gasteiger partial charge in [-0.3, -0.25) is 4.79 Å². The van der Waals surface area contributed by atoms with Crippen LogP contribution in [0.15, 0.2) is 24.3 Å². The number of carbonyl (C=O) groups is 1. The largest absolute Gasteiger partial charge is 0.497 e. The highest BCUT2D eigenvalue weighted by molar-refractivity contribution is 8.31. The Labute approximate surface area is 164 Å². The molecule has 2 bridgehead atoms. The third kappa shape index (κ3) is 3.78. The molecule has 0 aromatic heterocycles.